The molecule has 1 aliphatic rings. The molecule has 23 heavy (non-hydrogen) atoms. The second kappa shape index (κ2) is 7.55. The van der Waals surface area contributed by atoms with Crippen LogP contribution in [0.4, 0.5) is 0 Å². The van der Waals surface area contributed by atoms with Crippen LogP contribution in [0.25, 0.3) is 0 Å². The smallest absolute Gasteiger partial charge is 0.254 e. The van der Waals surface area contributed by atoms with E-state index in [1.807, 2.05) is 47.4 Å². The molecule has 0 radical (unpaired) electrons. The van der Waals surface area contributed by atoms with Crippen LogP contribution in [0.2, 0.25) is 0 Å². The van der Waals surface area contributed by atoms with Crippen LogP contribution in [0.1, 0.15) is 57.0 Å². The summed E-state index contributed by atoms with van der Waals surface area (Å²) in [6, 6.07) is 13.6. The van der Waals surface area contributed by atoms with Crippen molar-refractivity contribution in [2.75, 3.05) is 0 Å². The molecule has 4 heteroatoms. The van der Waals surface area contributed by atoms with Gasteiger partial charge in [-0.15, -0.1) is 11.3 Å². The van der Waals surface area contributed by atoms with E-state index in [2.05, 4.69) is 0 Å². The lowest BCUT2D eigenvalue weighted by Crippen LogP contribution is -2.40. The Balaban J connectivity index is 1.83. The first kappa shape index (κ1) is 15.9. The fourth-order valence-electron chi connectivity index (χ4n) is 3.22. The molecule has 0 atom stereocenters. The number of thiophene rings is 1. The van der Waals surface area contributed by atoms with Crippen molar-refractivity contribution in [1.29, 1.82) is 0 Å². The van der Waals surface area contributed by atoms with E-state index in [0.717, 1.165) is 34.4 Å². The molecular weight excluding hydrogens is 306 g/mol. The third-order valence-corrected chi connectivity index (χ3v) is 5.42. The summed E-state index contributed by atoms with van der Waals surface area (Å²) in [4.78, 5) is 27.7. The Morgan fingerprint density at radius 2 is 1.83 bits per heavy atom. The maximum absolute atomic E-state index is 13.0. The minimum absolute atomic E-state index is 0.0959. The minimum atomic E-state index is 0.0959. The number of carbonyl (C=O) groups excluding carboxylic acids is 2. The van der Waals surface area contributed by atoms with Gasteiger partial charge in [0, 0.05) is 16.5 Å². The highest BCUT2D eigenvalue weighted by Gasteiger charge is 2.26. The van der Waals surface area contributed by atoms with Gasteiger partial charge in [0.1, 0.15) is 0 Å². The maximum Gasteiger partial charge on any atom is 0.254 e. The average Bonchev–Trinajstić information content (AvgIpc) is 3.08. The van der Waals surface area contributed by atoms with Crippen molar-refractivity contribution >= 4 is 23.5 Å². The van der Waals surface area contributed by atoms with Crippen LogP contribution in [0.15, 0.2) is 42.5 Å². The van der Waals surface area contributed by atoms with Crippen molar-refractivity contribution in [1.82, 2.24) is 4.90 Å². The molecule has 1 aromatic carbocycles. The van der Waals surface area contributed by atoms with Crippen LogP contribution < -0.4 is 0 Å². The Bertz CT molecular complexity index is 659. The number of aldehydes is 1. The van der Waals surface area contributed by atoms with Crippen LogP contribution >= 0.6 is 11.3 Å². The van der Waals surface area contributed by atoms with Crippen LogP contribution in [-0.4, -0.2) is 23.1 Å². The molecule has 1 aliphatic carbocycles. The van der Waals surface area contributed by atoms with Crippen molar-refractivity contribution in [3.63, 3.8) is 0 Å². The molecule has 0 bridgehead atoms. The molecule has 2 aromatic rings. The van der Waals surface area contributed by atoms with Crippen molar-refractivity contribution in [2.24, 2.45) is 0 Å². The maximum atomic E-state index is 13.0. The lowest BCUT2D eigenvalue weighted by molar-refractivity contribution is 0.0617. The molecule has 0 N–H and O–H groups in total. The largest absolute Gasteiger partial charge is 0.331 e. The summed E-state index contributed by atoms with van der Waals surface area (Å²) >= 11 is 1.48. The summed E-state index contributed by atoms with van der Waals surface area (Å²) in [5, 5.41) is 0. The van der Waals surface area contributed by atoms with Crippen molar-refractivity contribution in [3.05, 3.63) is 57.8 Å². The van der Waals surface area contributed by atoms with Crippen LogP contribution in [0.3, 0.4) is 0 Å². The molecule has 1 fully saturated rings. The molecule has 0 spiro atoms. The van der Waals surface area contributed by atoms with Gasteiger partial charge in [-0.1, -0.05) is 37.5 Å². The molecule has 1 heterocycles. The van der Waals surface area contributed by atoms with Gasteiger partial charge in [0.2, 0.25) is 0 Å². The standard InChI is InChI=1S/C19H21NO2S/c21-14-18-12-11-17(23-18)13-20(16-9-5-2-6-10-16)19(22)15-7-3-1-4-8-15/h1,3-4,7-8,11-12,14,16H,2,5-6,9-10,13H2. The van der Waals surface area contributed by atoms with E-state index in [4.69, 9.17) is 0 Å². The lowest BCUT2D eigenvalue weighted by Gasteiger charge is -2.34. The van der Waals surface area contributed by atoms with Crippen molar-refractivity contribution in [3.8, 4) is 0 Å². The fourth-order valence-corrected chi connectivity index (χ4v) is 4.04. The van der Waals surface area contributed by atoms with Gasteiger partial charge in [0.05, 0.1) is 11.4 Å². The topological polar surface area (TPSA) is 37.4 Å². The van der Waals surface area contributed by atoms with Crippen LogP contribution in [-0.2, 0) is 6.54 Å². The number of rotatable bonds is 5. The fraction of sp³-hybridized carbons (Fsp3) is 0.368. The molecule has 0 saturated heterocycles. The third-order valence-electron chi connectivity index (χ3n) is 4.42. The van der Waals surface area contributed by atoms with Gasteiger partial charge in [0.25, 0.3) is 5.91 Å². The number of benzene rings is 1. The molecular formula is C19H21NO2S. The molecule has 1 aromatic heterocycles. The Hall–Kier alpha value is -1.94. The van der Waals surface area contributed by atoms with Gasteiger partial charge in [-0.05, 0) is 37.1 Å². The SMILES string of the molecule is O=Cc1ccc(CN(C(=O)c2ccccc2)C2CCCCC2)s1. The van der Waals surface area contributed by atoms with Gasteiger partial charge in [-0.2, -0.15) is 0 Å². The predicted molar refractivity (Wildman–Crippen MR) is 92.9 cm³/mol. The Kier molecular flexibility index (Phi) is 5.23. The summed E-state index contributed by atoms with van der Waals surface area (Å²) in [5.74, 6) is 0.0959. The van der Waals surface area contributed by atoms with Gasteiger partial charge < -0.3 is 4.90 Å². The number of nitrogens with zero attached hydrogens (tertiary/aromatic N) is 1. The zero-order valence-corrected chi connectivity index (χ0v) is 13.9. The zero-order chi connectivity index (χ0) is 16.1. The highest BCUT2D eigenvalue weighted by molar-refractivity contribution is 7.13. The first-order valence-electron chi connectivity index (χ1n) is 8.18. The van der Waals surface area contributed by atoms with E-state index in [-0.39, 0.29) is 5.91 Å². The molecule has 3 rings (SSSR count). The van der Waals surface area contributed by atoms with Crippen molar-refractivity contribution in [2.45, 2.75) is 44.7 Å². The molecule has 3 nitrogen and oxygen atoms in total. The van der Waals surface area contributed by atoms with Crippen LogP contribution in [0, 0.1) is 0 Å². The molecule has 1 saturated carbocycles. The predicted octanol–water partition coefficient (Wildman–Crippen LogP) is 4.54. The molecule has 0 aliphatic heterocycles. The van der Waals surface area contributed by atoms with E-state index in [1.54, 1.807) is 0 Å². The highest BCUT2D eigenvalue weighted by atomic mass is 32.1. The van der Waals surface area contributed by atoms with E-state index in [0.29, 0.717) is 12.6 Å². The number of amides is 1. The zero-order valence-electron chi connectivity index (χ0n) is 13.1. The number of hydrogen-bond donors (Lipinski definition) is 0. The van der Waals surface area contributed by atoms with E-state index < -0.39 is 0 Å². The van der Waals surface area contributed by atoms with E-state index >= 15 is 0 Å². The lowest BCUT2D eigenvalue weighted by atomic mass is 9.93. The summed E-state index contributed by atoms with van der Waals surface area (Å²) < 4.78 is 0. The Morgan fingerprint density at radius 1 is 1.09 bits per heavy atom. The van der Waals surface area contributed by atoms with Crippen LogP contribution in [0.5, 0.6) is 0 Å². The first-order chi connectivity index (χ1) is 11.3. The summed E-state index contributed by atoms with van der Waals surface area (Å²) in [6.07, 6.45) is 6.66. The normalized spacial score (nSPS) is 15.3. The second-order valence-corrected chi connectivity index (χ2v) is 7.21. The molecule has 1 amide bonds. The molecule has 120 valence electrons. The number of hydrogen-bond acceptors (Lipinski definition) is 3. The number of carbonyl (C=O) groups is 2. The third kappa shape index (κ3) is 3.88. The Labute approximate surface area is 140 Å². The summed E-state index contributed by atoms with van der Waals surface area (Å²) in [7, 11) is 0. The quantitative estimate of drug-likeness (QED) is 0.756. The van der Waals surface area contributed by atoms with E-state index in [9.17, 15) is 9.59 Å². The van der Waals surface area contributed by atoms with Gasteiger partial charge >= 0.3 is 0 Å². The monoisotopic (exact) mass is 327 g/mol. The summed E-state index contributed by atoms with van der Waals surface area (Å²) in [5.41, 5.74) is 0.741. The Morgan fingerprint density at radius 3 is 2.48 bits per heavy atom. The average molecular weight is 327 g/mol. The minimum Gasteiger partial charge on any atom is -0.331 e. The van der Waals surface area contributed by atoms with Gasteiger partial charge in [-0.25, -0.2) is 0 Å². The summed E-state index contributed by atoms with van der Waals surface area (Å²) in [6.45, 7) is 0.594. The second-order valence-electron chi connectivity index (χ2n) is 6.01. The van der Waals surface area contributed by atoms with Gasteiger partial charge in [-0.3, -0.25) is 9.59 Å². The van der Waals surface area contributed by atoms with Gasteiger partial charge in [0.15, 0.2) is 6.29 Å². The van der Waals surface area contributed by atoms with E-state index in [1.165, 1.54) is 30.6 Å². The molecule has 0 unspecified atom stereocenters. The van der Waals surface area contributed by atoms with Crippen molar-refractivity contribution < 1.29 is 9.59 Å². The highest BCUT2D eigenvalue weighted by Crippen LogP contribution is 2.27. The first-order valence-corrected chi connectivity index (χ1v) is 8.99.